The number of carboxylic acids is 1. The minimum absolute atomic E-state index is 0.0294. The van der Waals surface area contributed by atoms with E-state index in [1.807, 2.05) is 6.92 Å². The average molecular weight is 400 g/mol. The Morgan fingerprint density at radius 2 is 1.96 bits per heavy atom. The van der Waals surface area contributed by atoms with E-state index in [9.17, 15) is 27.5 Å². The predicted octanol–water partition coefficient (Wildman–Crippen LogP) is 1.84. The van der Waals surface area contributed by atoms with Gasteiger partial charge in [0, 0.05) is 13.1 Å². The number of carbonyl (C=O) groups is 2. The highest BCUT2D eigenvalue weighted by Crippen LogP contribution is 2.24. The molecule has 0 saturated carbocycles. The second kappa shape index (κ2) is 8.79. The van der Waals surface area contributed by atoms with Crippen molar-refractivity contribution in [2.75, 3.05) is 13.1 Å². The monoisotopic (exact) mass is 400 g/mol. The molecule has 1 aromatic rings. The van der Waals surface area contributed by atoms with Crippen molar-refractivity contribution in [1.29, 1.82) is 0 Å². The predicted molar refractivity (Wildman–Crippen MR) is 96.9 cm³/mol. The fourth-order valence-corrected chi connectivity index (χ4v) is 4.61. The summed E-state index contributed by atoms with van der Waals surface area (Å²) < 4.78 is 39.7. The number of nitrogens with zero attached hydrogens (tertiary/aromatic N) is 1. The van der Waals surface area contributed by atoms with Crippen LogP contribution in [0.4, 0.5) is 4.39 Å². The molecule has 150 valence electrons. The maximum atomic E-state index is 13.1. The van der Waals surface area contributed by atoms with E-state index in [-0.39, 0.29) is 23.9 Å². The molecule has 7 nitrogen and oxygen atoms in total. The third-order valence-corrected chi connectivity index (χ3v) is 6.86. The van der Waals surface area contributed by atoms with Gasteiger partial charge in [0.15, 0.2) is 0 Å². The molecule has 2 N–H and O–H groups in total. The Balaban J connectivity index is 2.11. The molecule has 0 aliphatic carbocycles. The normalized spacial score (nSPS) is 20.6. The number of sulfonamides is 1. The van der Waals surface area contributed by atoms with Gasteiger partial charge in [-0.05, 0) is 43.0 Å². The standard InChI is InChI=1S/C18H25FN2O5S/c1-3-12(2)16(18(23)24)20-17(22)13-5-4-10-21(11-13)27(25,26)15-8-6-14(19)7-9-15/h6-9,12-13,16H,3-5,10-11H2,1-2H3,(H,20,22)(H,23,24)/t12-,13-,16-/m0/s1. The van der Waals surface area contributed by atoms with Crippen molar-refractivity contribution in [3.8, 4) is 0 Å². The fraction of sp³-hybridized carbons (Fsp3) is 0.556. The number of aliphatic carboxylic acids is 1. The second-order valence-corrected chi connectivity index (χ2v) is 8.80. The molecule has 1 aromatic carbocycles. The molecule has 9 heteroatoms. The number of hydrogen-bond acceptors (Lipinski definition) is 4. The first-order chi connectivity index (χ1) is 12.7. The molecule has 27 heavy (non-hydrogen) atoms. The Kier molecular flexibility index (Phi) is 6.94. The number of rotatable bonds is 7. The molecular formula is C18H25FN2O5S. The van der Waals surface area contributed by atoms with E-state index in [0.29, 0.717) is 19.3 Å². The molecule has 0 spiro atoms. The second-order valence-electron chi connectivity index (χ2n) is 6.87. The summed E-state index contributed by atoms with van der Waals surface area (Å²) in [6.45, 7) is 3.81. The summed E-state index contributed by atoms with van der Waals surface area (Å²) in [5.41, 5.74) is 0. The summed E-state index contributed by atoms with van der Waals surface area (Å²) >= 11 is 0. The lowest BCUT2D eigenvalue weighted by Crippen LogP contribution is -2.51. The van der Waals surface area contributed by atoms with Crippen molar-refractivity contribution in [3.63, 3.8) is 0 Å². The van der Waals surface area contributed by atoms with Gasteiger partial charge in [0.1, 0.15) is 11.9 Å². The lowest BCUT2D eigenvalue weighted by atomic mass is 9.95. The zero-order valence-electron chi connectivity index (χ0n) is 15.4. The van der Waals surface area contributed by atoms with Crippen LogP contribution < -0.4 is 5.32 Å². The Hall–Kier alpha value is -2.00. The number of carboxylic acid groups (broad SMARTS) is 1. The number of carbonyl (C=O) groups excluding carboxylic acids is 1. The third-order valence-electron chi connectivity index (χ3n) is 4.98. The van der Waals surface area contributed by atoms with E-state index < -0.39 is 39.7 Å². The number of amides is 1. The molecule has 0 aromatic heterocycles. The molecule has 0 radical (unpaired) electrons. The summed E-state index contributed by atoms with van der Waals surface area (Å²) in [7, 11) is -3.84. The molecule has 2 rings (SSSR count). The third kappa shape index (κ3) is 5.04. The van der Waals surface area contributed by atoms with Crippen LogP contribution in [0.1, 0.15) is 33.1 Å². The summed E-state index contributed by atoms with van der Waals surface area (Å²) in [5.74, 6) is -2.96. The topological polar surface area (TPSA) is 104 Å². The lowest BCUT2D eigenvalue weighted by molar-refractivity contribution is -0.144. The largest absolute Gasteiger partial charge is 0.480 e. The highest BCUT2D eigenvalue weighted by atomic mass is 32.2. The number of piperidine rings is 1. The number of nitrogens with one attached hydrogen (secondary N) is 1. The molecule has 1 heterocycles. The highest BCUT2D eigenvalue weighted by Gasteiger charge is 2.35. The van der Waals surface area contributed by atoms with Gasteiger partial charge >= 0.3 is 5.97 Å². The lowest BCUT2D eigenvalue weighted by Gasteiger charge is -2.32. The van der Waals surface area contributed by atoms with Gasteiger partial charge in [0.25, 0.3) is 0 Å². The van der Waals surface area contributed by atoms with Gasteiger partial charge in [0.05, 0.1) is 10.8 Å². The van der Waals surface area contributed by atoms with Crippen molar-refractivity contribution in [1.82, 2.24) is 9.62 Å². The summed E-state index contributed by atoms with van der Waals surface area (Å²) in [6.07, 6.45) is 1.56. The summed E-state index contributed by atoms with van der Waals surface area (Å²) in [5, 5.41) is 11.9. The van der Waals surface area contributed by atoms with Crippen molar-refractivity contribution >= 4 is 21.9 Å². The molecule has 3 atom stereocenters. The van der Waals surface area contributed by atoms with Gasteiger partial charge in [-0.15, -0.1) is 0 Å². The molecule has 0 unspecified atom stereocenters. The molecule has 0 bridgehead atoms. The first-order valence-electron chi connectivity index (χ1n) is 8.95. The summed E-state index contributed by atoms with van der Waals surface area (Å²) in [4.78, 5) is 23.9. The Bertz CT molecular complexity index is 781. The van der Waals surface area contributed by atoms with Gasteiger partial charge in [-0.25, -0.2) is 17.6 Å². The van der Waals surface area contributed by atoms with E-state index >= 15 is 0 Å². The van der Waals surface area contributed by atoms with Crippen LogP contribution >= 0.6 is 0 Å². The van der Waals surface area contributed by atoms with Crippen molar-refractivity contribution in [3.05, 3.63) is 30.1 Å². The smallest absolute Gasteiger partial charge is 0.326 e. The van der Waals surface area contributed by atoms with Crippen LogP contribution in [0.5, 0.6) is 0 Å². The van der Waals surface area contributed by atoms with Crippen LogP contribution in [0, 0.1) is 17.7 Å². The van der Waals surface area contributed by atoms with Crippen molar-refractivity contribution in [2.45, 2.75) is 44.0 Å². The highest BCUT2D eigenvalue weighted by molar-refractivity contribution is 7.89. The molecule has 1 fully saturated rings. The van der Waals surface area contributed by atoms with E-state index in [4.69, 9.17) is 0 Å². The number of hydrogen-bond donors (Lipinski definition) is 2. The van der Waals surface area contributed by atoms with Gasteiger partial charge in [-0.3, -0.25) is 4.79 Å². The quantitative estimate of drug-likeness (QED) is 0.727. The van der Waals surface area contributed by atoms with Crippen LogP contribution in [-0.4, -0.2) is 48.8 Å². The van der Waals surface area contributed by atoms with Crippen LogP contribution in [0.25, 0.3) is 0 Å². The average Bonchev–Trinajstić information content (AvgIpc) is 2.65. The molecule has 1 aliphatic heterocycles. The summed E-state index contributed by atoms with van der Waals surface area (Å²) in [6, 6.07) is 3.52. The van der Waals surface area contributed by atoms with E-state index in [1.54, 1.807) is 6.92 Å². The Labute approximate surface area is 158 Å². The van der Waals surface area contributed by atoms with Gasteiger partial charge < -0.3 is 10.4 Å². The first-order valence-corrected chi connectivity index (χ1v) is 10.4. The molecular weight excluding hydrogens is 375 g/mol. The van der Waals surface area contributed by atoms with Gasteiger partial charge in [-0.1, -0.05) is 20.3 Å². The van der Waals surface area contributed by atoms with Crippen molar-refractivity contribution in [2.24, 2.45) is 11.8 Å². The molecule has 1 amide bonds. The maximum absolute atomic E-state index is 13.1. The van der Waals surface area contributed by atoms with Crippen molar-refractivity contribution < 1.29 is 27.5 Å². The zero-order chi connectivity index (χ0) is 20.2. The maximum Gasteiger partial charge on any atom is 0.326 e. The minimum Gasteiger partial charge on any atom is -0.480 e. The van der Waals surface area contributed by atoms with E-state index in [2.05, 4.69) is 5.32 Å². The van der Waals surface area contributed by atoms with Gasteiger partial charge in [-0.2, -0.15) is 4.31 Å². The van der Waals surface area contributed by atoms with E-state index in [0.717, 1.165) is 12.1 Å². The van der Waals surface area contributed by atoms with E-state index in [1.165, 1.54) is 16.4 Å². The van der Waals surface area contributed by atoms with Crippen LogP contribution in [0.2, 0.25) is 0 Å². The van der Waals surface area contributed by atoms with Crippen LogP contribution in [0.3, 0.4) is 0 Å². The number of halogens is 1. The van der Waals surface area contributed by atoms with Gasteiger partial charge in [0.2, 0.25) is 15.9 Å². The minimum atomic E-state index is -3.84. The SMILES string of the molecule is CC[C@H](C)[C@H](NC(=O)[C@H]1CCCN(S(=O)(=O)c2ccc(F)cc2)C1)C(=O)O. The number of benzene rings is 1. The molecule has 1 saturated heterocycles. The Morgan fingerprint density at radius 1 is 1.33 bits per heavy atom. The fourth-order valence-electron chi connectivity index (χ4n) is 3.08. The first kappa shape index (κ1) is 21.3. The van der Waals surface area contributed by atoms with Crippen LogP contribution in [0.15, 0.2) is 29.2 Å². The van der Waals surface area contributed by atoms with Crippen LogP contribution in [-0.2, 0) is 19.6 Å². The Morgan fingerprint density at radius 3 is 2.52 bits per heavy atom. The zero-order valence-corrected chi connectivity index (χ0v) is 16.2. The molecule has 1 aliphatic rings.